The van der Waals surface area contributed by atoms with E-state index in [-0.39, 0.29) is 6.42 Å². The molecule has 2 saturated heterocycles. The number of aliphatic hydroxyl groups is 7. The maximum absolute atomic E-state index is 12.1. The van der Waals surface area contributed by atoms with Crippen molar-refractivity contribution in [3.63, 3.8) is 0 Å². The molecule has 0 aliphatic carbocycles. The number of unbranched alkanes of at least 4 members (excludes halogenated alkanes) is 8. The Hall–Kier alpha value is -0.930. The first-order valence-electron chi connectivity index (χ1n) is 13.0. The van der Waals surface area contributed by atoms with Gasteiger partial charge in [0.1, 0.15) is 55.9 Å². The number of esters is 1. The highest BCUT2D eigenvalue weighted by Crippen LogP contribution is 2.36. The predicted molar refractivity (Wildman–Crippen MR) is 124 cm³/mol. The topological polar surface area (TPSA) is 196 Å². The third-order valence-corrected chi connectivity index (χ3v) is 6.78. The molecule has 212 valence electrons. The van der Waals surface area contributed by atoms with Crippen molar-refractivity contribution in [2.45, 2.75) is 126 Å². The van der Waals surface area contributed by atoms with E-state index in [1.165, 1.54) is 32.1 Å². The summed E-state index contributed by atoms with van der Waals surface area (Å²) in [6.45, 7) is 0.0841. The first-order valence-corrected chi connectivity index (χ1v) is 13.0. The maximum atomic E-state index is 12.1. The lowest BCUT2D eigenvalue weighted by Crippen LogP contribution is -2.62. The minimum absolute atomic E-state index is 0.192. The lowest BCUT2D eigenvalue weighted by molar-refractivity contribution is -0.383. The second-order valence-electron chi connectivity index (χ2n) is 9.64. The van der Waals surface area contributed by atoms with Gasteiger partial charge in [0.2, 0.25) is 5.79 Å². The summed E-state index contributed by atoms with van der Waals surface area (Å²) < 4.78 is 21.3. The van der Waals surface area contributed by atoms with Gasteiger partial charge >= 0.3 is 5.97 Å². The van der Waals surface area contributed by atoms with E-state index in [1.54, 1.807) is 0 Å². The molecule has 9 atom stereocenters. The van der Waals surface area contributed by atoms with Gasteiger partial charge in [-0.05, 0) is 6.42 Å². The van der Waals surface area contributed by atoms with Crippen molar-refractivity contribution in [1.29, 1.82) is 0 Å². The largest absolute Gasteiger partial charge is 0.463 e. The molecule has 12 nitrogen and oxygen atoms in total. The highest BCUT2D eigenvalue weighted by atomic mass is 16.8. The van der Waals surface area contributed by atoms with E-state index in [2.05, 4.69) is 6.92 Å². The van der Waals surface area contributed by atoms with Crippen LogP contribution in [0.15, 0.2) is 0 Å². The second-order valence-corrected chi connectivity index (χ2v) is 9.64. The Balaban J connectivity index is 1.80. The molecular weight excluding hydrogens is 480 g/mol. The van der Waals surface area contributed by atoms with Crippen LogP contribution in [0.4, 0.5) is 0 Å². The average molecular weight is 525 g/mol. The molecule has 12 heteroatoms. The van der Waals surface area contributed by atoms with Gasteiger partial charge in [0, 0.05) is 6.42 Å². The number of ether oxygens (including phenoxy) is 4. The summed E-state index contributed by atoms with van der Waals surface area (Å²) in [7, 11) is 0. The molecule has 2 aliphatic rings. The van der Waals surface area contributed by atoms with Crippen LogP contribution in [-0.2, 0) is 23.7 Å². The lowest BCUT2D eigenvalue weighted by Gasteiger charge is -2.43. The van der Waals surface area contributed by atoms with Crippen LogP contribution in [0.3, 0.4) is 0 Å². The van der Waals surface area contributed by atoms with Crippen LogP contribution in [0.25, 0.3) is 0 Å². The number of hydrogen-bond donors (Lipinski definition) is 7. The smallest absolute Gasteiger partial charge is 0.305 e. The molecule has 0 saturated carbocycles. The van der Waals surface area contributed by atoms with Crippen molar-refractivity contribution >= 4 is 5.97 Å². The van der Waals surface area contributed by atoms with Gasteiger partial charge in [0.25, 0.3) is 0 Å². The van der Waals surface area contributed by atoms with Crippen molar-refractivity contribution in [3.05, 3.63) is 0 Å². The van der Waals surface area contributed by atoms with Crippen molar-refractivity contribution in [1.82, 2.24) is 0 Å². The third kappa shape index (κ3) is 8.29. The second kappa shape index (κ2) is 15.5. The summed E-state index contributed by atoms with van der Waals surface area (Å²) >= 11 is 0. The summed E-state index contributed by atoms with van der Waals surface area (Å²) in [4.78, 5) is 12.1. The number of aliphatic hydroxyl groups excluding tert-OH is 7. The third-order valence-electron chi connectivity index (χ3n) is 6.78. The summed E-state index contributed by atoms with van der Waals surface area (Å²) in [6, 6.07) is 0. The molecule has 2 rings (SSSR count). The van der Waals surface area contributed by atoms with E-state index in [4.69, 9.17) is 18.9 Å². The molecule has 2 aliphatic heterocycles. The SMILES string of the molecule is CCCCCCCCCCCC(=O)OC[C@@H]1O[C@@H](O[C@@]2(CO)O[C@@H](CO)[C@H](O)[C@H]2O)[C@@H](O)[C@H](O)[C@H]1O. The number of rotatable bonds is 16. The molecule has 0 amide bonds. The molecule has 36 heavy (non-hydrogen) atoms. The van der Waals surface area contributed by atoms with E-state index >= 15 is 0 Å². The Morgan fingerprint density at radius 1 is 0.806 bits per heavy atom. The summed E-state index contributed by atoms with van der Waals surface area (Å²) in [5.41, 5.74) is 0. The van der Waals surface area contributed by atoms with Crippen LogP contribution >= 0.6 is 0 Å². The highest BCUT2D eigenvalue weighted by molar-refractivity contribution is 5.69. The van der Waals surface area contributed by atoms with Crippen molar-refractivity contribution < 1.29 is 59.5 Å². The first-order chi connectivity index (χ1) is 17.2. The van der Waals surface area contributed by atoms with Gasteiger partial charge < -0.3 is 54.7 Å². The van der Waals surface area contributed by atoms with E-state index in [0.29, 0.717) is 6.42 Å². The van der Waals surface area contributed by atoms with Gasteiger partial charge in [-0.1, -0.05) is 58.3 Å². The predicted octanol–water partition coefficient (Wildman–Crippen LogP) is -0.924. The fourth-order valence-electron chi connectivity index (χ4n) is 4.45. The van der Waals surface area contributed by atoms with E-state index < -0.39 is 80.6 Å². The summed E-state index contributed by atoms with van der Waals surface area (Å²) in [5.74, 6) is -2.76. The van der Waals surface area contributed by atoms with Crippen molar-refractivity contribution in [2.24, 2.45) is 0 Å². The zero-order chi connectivity index (χ0) is 26.7. The standard InChI is InChI=1S/C24H44O12/c1-2-3-4-5-6-7-8-9-10-11-17(27)33-13-16-18(28)20(30)21(31)23(34-16)36-24(14-26)22(32)19(29)15(12-25)35-24/h15-16,18-23,25-26,28-32H,2-14H2,1H3/t15-,16-,18-,19-,20+,21-,22+,23-,24+/m0/s1. The quantitative estimate of drug-likeness (QED) is 0.0970. The lowest BCUT2D eigenvalue weighted by atomic mass is 9.99. The number of carbonyl (C=O) groups excluding carboxylic acids is 1. The molecular formula is C24H44O12. The Morgan fingerprint density at radius 3 is 1.97 bits per heavy atom. The summed E-state index contributed by atoms with van der Waals surface area (Å²) in [5, 5.41) is 70.1. The van der Waals surface area contributed by atoms with Crippen molar-refractivity contribution in [3.8, 4) is 0 Å². The molecule has 0 aromatic rings. The minimum atomic E-state index is -2.27. The zero-order valence-electron chi connectivity index (χ0n) is 21.0. The van der Waals surface area contributed by atoms with Gasteiger partial charge in [0.05, 0.1) is 6.61 Å². The van der Waals surface area contributed by atoms with Crippen LogP contribution in [0.5, 0.6) is 0 Å². The fraction of sp³-hybridized carbons (Fsp3) is 0.958. The highest BCUT2D eigenvalue weighted by Gasteiger charge is 2.58. The molecule has 0 unspecified atom stereocenters. The molecule has 0 aromatic carbocycles. The van der Waals surface area contributed by atoms with Crippen LogP contribution in [0.1, 0.15) is 71.1 Å². The molecule has 0 aromatic heterocycles. The van der Waals surface area contributed by atoms with Gasteiger partial charge in [-0.2, -0.15) is 0 Å². The Labute approximate surface area is 211 Å². The first kappa shape index (κ1) is 31.3. The van der Waals surface area contributed by atoms with Crippen LogP contribution in [0.2, 0.25) is 0 Å². The monoisotopic (exact) mass is 524 g/mol. The van der Waals surface area contributed by atoms with Crippen LogP contribution < -0.4 is 0 Å². The minimum Gasteiger partial charge on any atom is -0.463 e. The summed E-state index contributed by atoms with van der Waals surface area (Å²) in [6.07, 6.45) is -2.81. The van der Waals surface area contributed by atoms with Gasteiger partial charge in [0.15, 0.2) is 6.29 Å². The molecule has 0 radical (unpaired) electrons. The Kier molecular flexibility index (Phi) is 13.4. The van der Waals surface area contributed by atoms with Crippen molar-refractivity contribution in [2.75, 3.05) is 19.8 Å². The number of carbonyl (C=O) groups is 1. The maximum Gasteiger partial charge on any atom is 0.305 e. The molecule has 2 heterocycles. The van der Waals surface area contributed by atoms with E-state index in [9.17, 15) is 40.5 Å². The van der Waals surface area contributed by atoms with E-state index in [1.807, 2.05) is 0 Å². The van der Waals surface area contributed by atoms with Crippen LogP contribution in [-0.4, -0.2) is 116 Å². The normalized spacial score (nSPS) is 36.8. The molecule has 0 bridgehead atoms. The molecule has 7 N–H and O–H groups in total. The fourth-order valence-corrected chi connectivity index (χ4v) is 4.45. The average Bonchev–Trinajstić information content (AvgIpc) is 3.12. The zero-order valence-corrected chi connectivity index (χ0v) is 21.0. The molecule has 0 spiro atoms. The Bertz CT molecular complexity index is 636. The van der Waals surface area contributed by atoms with Gasteiger partial charge in [-0.3, -0.25) is 4.79 Å². The van der Waals surface area contributed by atoms with Gasteiger partial charge in [-0.15, -0.1) is 0 Å². The Morgan fingerprint density at radius 2 is 1.42 bits per heavy atom. The van der Waals surface area contributed by atoms with E-state index in [0.717, 1.165) is 19.3 Å². The number of hydrogen-bond acceptors (Lipinski definition) is 12. The molecule has 2 fully saturated rings. The van der Waals surface area contributed by atoms with Crippen LogP contribution in [0, 0.1) is 0 Å². The van der Waals surface area contributed by atoms with Gasteiger partial charge in [-0.25, -0.2) is 0 Å².